The molecular weight excluding hydrogens is 284 g/mol. The van der Waals surface area contributed by atoms with Gasteiger partial charge in [0.1, 0.15) is 11.5 Å². The molecule has 0 unspecified atom stereocenters. The van der Waals surface area contributed by atoms with E-state index in [2.05, 4.69) is 23.3 Å². The maximum atomic E-state index is 5.76. The van der Waals surface area contributed by atoms with Crippen LogP contribution in [-0.4, -0.2) is 18.7 Å². The second-order valence-electron chi connectivity index (χ2n) is 5.26. The molecule has 5 heteroatoms. The molecule has 1 N–H and O–H groups in total. The smallest absolute Gasteiger partial charge is 0.127 e. The van der Waals surface area contributed by atoms with Crippen LogP contribution in [0.3, 0.4) is 0 Å². The first-order valence-electron chi connectivity index (χ1n) is 7.16. The summed E-state index contributed by atoms with van der Waals surface area (Å²) in [5.74, 6) is 1.76. The number of benzene rings is 1. The predicted octanol–water partition coefficient (Wildman–Crippen LogP) is 3.63. The van der Waals surface area contributed by atoms with Gasteiger partial charge in [0.15, 0.2) is 0 Å². The van der Waals surface area contributed by atoms with E-state index in [9.17, 15) is 0 Å². The van der Waals surface area contributed by atoms with E-state index in [0.29, 0.717) is 6.04 Å². The van der Waals surface area contributed by atoms with Crippen molar-refractivity contribution in [1.29, 1.82) is 0 Å². The van der Waals surface area contributed by atoms with Gasteiger partial charge in [0.2, 0.25) is 0 Å². The lowest BCUT2D eigenvalue weighted by molar-refractivity contribution is 0.245. The minimum atomic E-state index is 0.286. The van der Waals surface area contributed by atoms with Crippen molar-refractivity contribution in [3.05, 3.63) is 39.8 Å². The number of hydrogen-bond acceptors (Lipinski definition) is 5. The van der Waals surface area contributed by atoms with E-state index in [1.165, 1.54) is 10.4 Å². The number of thiazole rings is 1. The number of fused-ring (bicyclic) bond motifs is 1. The molecular formula is C16H20N2O2S. The zero-order chi connectivity index (χ0) is 14.8. The summed E-state index contributed by atoms with van der Waals surface area (Å²) >= 11 is 1.75. The van der Waals surface area contributed by atoms with E-state index >= 15 is 0 Å². The summed E-state index contributed by atoms with van der Waals surface area (Å²) < 4.78 is 11.0. The summed E-state index contributed by atoms with van der Waals surface area (Å²) in [6.07, 6.45) is 2.94. The molecule has 0 saturated heterocycles. The summed E-state index contributed by atoms with van der Waals surface area (Å²) in [7, 11) is 1.68. The van der Waals surface area contributed by atoms with Gasteiger partial charge in [0.25, 0.3) is 0 Å². The fourth-order valence-corrected chi connectivity index (χ4v) is 3.43. The van der Waals surface area contributed by atoms with Crippen LogP contribution in [0.15, 0.2) is 24.4 Å². The van der Waals surface area contributed by atoms with E-state index < -0.39 is 0 Å². The fourth-order valence-electron chi connectivity index (χ4n) is 2.63. The second kappa shape index (κ2) is 6.03. The number of hydrogen-bond donors (Lipinski definition) is 1. The van der Waals surface area contributed by atoms with Gasteiger partial charge in [-0.1, -0.05) is 6.07 Å². The van der Waals surface area contributed by atoms with Gasteiger partial charge in [0, 0.05) is 41.2 Å². The molecule has 3 rings (SSSR count). The maximum absolute atomic E-state index is 5.76. The number of nitrogens with one attached hydrogen (secondary N) is 1. The van der Waals surface area contributed by atoms with Gasteiger partial charge in [-0.3, -0.25) is 0 Å². The lowest BCUT2D eigenvalue weighted by atomic mass is 9.99. The van der Waals surface area contributed by atoms with E-state index in [1.807, 2.05) is 25.3 Å². The quantitative estimate of drug-likeness (QED) is 0.936. The molecule has 21 heavy (non-hydrogen) atoms. The Balaban J connectivity index is 1.78. The summed E-state index contributed by atoms with van der Waals surface area (Å²) in [5, 5.41) is 4.80. The first kappa shape index (κ1) is 14.4. The highest BCUT2D eigenvalue weighted by Crippen LogP contribution is 2.36. The molecule has 0 radical (unpaired) electrons. The zero-order valence-corrected chi connectivity index (χ0v) is 13.4. The molecule has 2 aromatic rings. The summed E-state index contributed by atoms with van der Waals surface area (Å²) in [6, 6.07) is 6.63. The normalized spacial score (nSPS) is 18.7. The van der Waals surface area contributed by atoms with Crippen molar-refractivity contribution in [3.8, 4) is 11.5 Å². The first-order valence-corrected chi connectivity index (χ1v) is 7.98. The number of methoxy groups -OCH3 is 1. The van der Waals surface area contributed by atoms with Gasteiger partial charge in [-0.2, -0.15) is 0 Å². The van der Waals surface area contributed by atoms with E-state index in [-0.39, 0.29) is 6.04 Å². The third-order valence-electron chi connectivity index (χ3n) is 3.78. The summed E-state index contributed by atoms with van der Waals surface area (Å²) in [4.78, 5) is 5.61. The van der Waals surface area contributed by atoms with E-state index in [0.717, 1.165) is 29.5 Å². The van der Waals surface area contributed by atoms with Crippen LogP contribution < -0.4 is 14.8 Å². The van der Waals surface area contributed by atoms with Crippen molar-refractivity contribution in [2.45, 2.75) is 32.4 Å². The minimum Gasteiger partial charge on any atom is -0.497 e. The standard InChI is InChI=1S/C16H20N2O2S/c1-10(16-9-17-11(2)21-16)18-14-6-7-20-15-8-12(19-3)4-5-13(14)15/h4-5,8-10,14,18H,6-7H2,1-3H3/t10-,14+/m1/s1. The Hall–Kier alpha value is -1.59. The third-order valence-corrected chi connectivity index (χ3v) is 4.87. The third kappa shape index (κ3) is 3.04. The second-order valence-corrected chi connectivity index (χ2v) is 6.53. The van der Waals surface area contributed by atoms with Crippen molar-refractivity contribution in [2.24, 2.45) is 0 Å². The molecule has 2 atom stereocenters. The van der Waals surface area contributed by atoms with Crippen molar-refractivity contribution in [1.82, 2.24) is 10.3 Å². The molecule has 0 saturated carbocycles. The average Bonchev–Trinajstić information content (AvgIpc) is 2.93. The summed E-state index contributed by atoms with van der Waals surface area (Å²) in [5.41, 5.74) is 1.20. The highest BCUT2D eigenvalue weighted by Gasteiger charge is 2.24. The van der Waals surface area contributed by atoms with Crippen LogP contribution in [0.5, 0.6) is 11.5 Å². The Kier molecular flexibility index (Phi) is 4.12. The molecule has 0 spiro atoms. The van der Waals surface area contributed by atoms with E-state index in [1.54, 1.807) is 18.4 Å². The van der Waals surface area contributed by atoms with Crippen LogP contribution in [0, 0.1) is 6.92 Å². The van der Waals surface area contributed by atoms with Crippen LogP contribution in [0.2, 0.25) is 0 Å². The number of nitrogens with zero attached hydrogens (tertiary/aromatic N) is 1. The van der Waals surface area contributed by atoms with Crippen LogP contribution >= 0.6 is 11.3 Å². The molecule has 4 nitrogen and oxygen atoms in total. The fraction of sp³-hybridized carbons (Fsp3) is 0.438. The van der Waals surface area contributed by atoms with Gasteiger partial charge in [-0.25, -0.2) is 4.98 Å². The first-order chi connectivity index (χ1) is 10.2. The number of ether oxygens (including phenoxy) is 2. The van der Waals surface area contributed by atoms with Crippen molar-refractivity contribution in [3.63, 3.8) is 0 Å². The Labute approximate surface area is 129 Å². The Bertz CT molecular complexity index is 626. The molecule has 0 aliphatic carbocycles. The van der Waals surface area contributed by atoms with Crippen molar-refractivity contribution < 1.29 is 9.47 Å². The molecule has 2 heterocycles. The molecule has 1 aromatic heterocycles. The molecule has 0 amide bonds. The SMILES string of the molecule is COc1ccc2c(c1)OCC[C@@H]2N[C@H](C)c1cnc(C)s1. The predicted molar refractivity (Wildman–Crippen MR) is 84.2 cm³/mol. The average molecular weight is 304 g/mol. The van der Waals surface area contributed by atoms with Gasteiger partial charge in [-0.15, -0.1) is 11.3 Å². The van der Waals surface area contributed by atoms with E-state index in [4.69, 9.17) is 9.47 Å². The van der Waals surface area contributed by atoms with Gasteiger partial charge in [0.05, 0.1) is 18.7 Å². The number of rotatable bonds is 4. The topological polar surface area (TPSA) is 43.4 Å². The highest BCUT2D eigenvalue weighted by molar-refractivity contribution is 7.11. The Morgan fingerprint density at radius 2 is 2.33 bits per heavy atom. The van der Waals surface area contributed by atoms with Gasteiger partial charge in [-0.05, 0) is 19.9 Å². The lowest BCUT2D eigenvalue weighted by Crippen LogP contribution is -2.29. The molecule has 0 bridgehead atoms. The molecule has 0 fully saturated rings. The Morgan fingerprint density at radius 3 is 3.05 bits per heavy atom. The zero-order valence-electron chi connectivity index (χ0n) is 12.6. The summed E-state index contributed by atoms with van der Waals surface area (Å²) in [6.45, 7) is 4.95. The van der Waals surface area contributed by atoms with Gasteiger partial charge < -0.3 is 14.8 Å². The maximum Gasteiger partial charge on any atom is 0.127 e. The van der Waals surface area contributed by atoms with Crippen molar-refractivity contribution >= 4 is 11.3 Å². The molecule has 1 aliphatic rings. The minimum absolute atomic E-state index is 0.286. The van der Waals surface area contributed by atoms with Crippen molar-refractivity contribution in [2.75, 3.05) is 13.7 Å². The highest BCUT2D eigenvalue weighted by atomic mass is 32.1. The molecule has 112 valence electrons. The monoisotopic (exact) mass is 304 g/mol. The molecule has 1 aromatic carbocycles. The van der Waals surface area contributed by atoms with Crippen LogP contribution in [-0.2, 0) is 0 Å². The largest absolute Gasteiger partial charge is 0.497 e. The number of aromatic nitrogens is 1. The van der Waals surface area contributed by atoms with Crippen LogP contribution in [0.25, 0.3) is 0 Å². The Morgan fingerprint density at radius 1 is 1.48 bits per heavy atom. The van der Waals surface area contributed by atoms with Crippen LogP contribution in [0.1, 0.15) is 40.9 Å². The van der Waals surface area contributed by atoms with Gasteiger partial charge >= 0.3 is 0 Å². The molecule has 1 aliphatic heterocycles. The lowest BCUT2D eigenvalue weighted by Gasteiger charge is -2.29. The van der Waals surface area contributed by atoms with Crippen LogP contribution in [0.4, 0.5) is 0 Å². The number of aryl methyl sites for hydroxylation is 1.